The monoisotopic (exact) mass is 279 g/mol. The normalized spacial score (nSPS) is 12.8. The minimum atomic E-state index is 0.990. The third-order valence-electron chi connectivity index (χ3n) is 1.54. The maximum Gasteiger partial charge on any atom is 0.0386 e. The van der Waals surface area contributed by atoms with Gasteiger partial charge in [0, 0.05) is 18.7 Å². The molecule has 0 amide bonds. The standard InChI is InChI=1S/C10H18IN/c1-3-6-10(7-5-8-11)12-9-4-2/h5,8H,3-4,6-7,9H2,1-2H3/b8-5+,12-10?. The molecule has 0 saturated carbocycles. The molecule has 0 aromatic carbocycles. The summed E-state index contributed by atoms with van der Waals surface area (Å²) in [5.41, 5.74) is 1.35. The van der Waals surface area contributed by atoms with Crippen molar-refractivity contribution in [2.45, 2.75) is 39.5 Å². The molecule has 0 unspecified atom stereocenters. The predicted molar refractivity (Wildman–Crippen MR) is 65.3 cm³/mol. The number of rotatable bonds is 6. The van der Waals surface area contributed by atoms with Crippen LogP contribution in [0.2, 0.25) is 0 Å². The highest BCUT2D eigenvalue weighted by Gasteiger charge is 1.93. The zero-order valence-corrected chi connectivity index (χ0v) is 10.2. The van der Waals surface area contributed by atoms with E-state index >= 15 is 0 Å². The Morgan fingerprint density at radius 1 is 1.33 bits per heavy atom. The predicted octanol–water partition coefficient (Wildman–Crippen LogP) is 3.98. The fourth-order valence-corrected chi connectivity index (χ4v) is 1.24. The molecule has 0 radical (unpaired) electrons. The zero-order chi connectivity index (χ0) is 9.23. The summed E-state index contributed by atoms with van der Waals surface area (Å²) in [6.07, 6.45) is 6.72. The van der Waals surface area contributed by atoms with Crippen molar-refractivity contribution in [3.63, 3.8) is 0 Å². The highest BCUT2D eigenvalue weighted by molar-refractivity contribution is 14.1. The third kappa shape index (κ3) is 6.83. The first kappa shape index (κ1) is 12.1. The van der Waals surface area contributed by atoms with Crippen LogP contribution in [0.3, 0.4) is 0 Å². The Balaban J connectivity index is 3.84. The molecule has 0 aliphatic carbocycles. The van der Waals surface area contributed by atoms with Gasteiger partial charge in [0.2, 0.25) is 0 Å². The molecule has 0 saturated heterocycles. The van der Waals surface area contributed by atoms with Crippen LogP contribution >= 0.6 is 22.6 Å². The average Bonchev–Trinajstić information content (AvgIpc) is 2.10. The highest BCUT2D eigenvalue weighted by atomic mass is 127. The molecule has 0 N–H and O–H groups in total. The van der Waals surface area contributed by atoms with Crippen molar-refractivity contribution < 1.29 is 0 Å². The van der Waals surface area contributed by atoms with E-state index in [9.17, 15) is 0 Å². The highest BCUT2D eigenvalue weighted by Crippen LogP contribution is 2.01. The van der Waals surface area contributed by atoms with E-state index in [-0.39, 0.29) is 0 Å². The molecule has 0 aliphatic heterocycles. The van der Waals surface area contributed by atoms with Crippen LogP contribution in [-0.2, 0) is 0 Å². The topological polar surface area (TPSA) is 12.4 Å². The number of halogens is 1. The Morgan fingerprint density at radius 2 is 2.08 bits per heavy atom. The first-order valence-electron chi connectivity index (χ1n) is 4.62. The first-order chi connectivity index (χ1) is 5.85. The van der Waals surface area contributed by atoms with Gasteiger partial charge >= 0.3 is 0 Å². The van der Waals surface area contributed by atoms with Crippen LogP contribution in [-0.4, -0.2) is 12.3 Å². The van der Waals surface area contributed by atoms with Gasteiger partial charge in [-0.1, -0.05) is 48.9 Å². The van der Waals surface area contributed by atoms with E-state index in [1.807, 2.05) is 0 Å². The molecule has 0 heterocycles. The fourth-order valence-electron chi connectivity index (χ4n) is 0.985. The molecule has 0 bridgehead atoms. The summed E-state index contributed by atoms with van der Waals surface area (Å²) >= 11 is 2.25. The van der Waals surface area contributed by atoms with E-state index < -0.39 is 0 Å². The van der Waals surface area contributed by atoms with Gasteiger partial charge in [0.1, 0.15) is 0 Å². The minimum absolute atomic E-state index is 0.990. The molecule has 12 heavy (non-hydrogen) atoms. The van der Waals surface area contributed by atoms with Crippen LogP contribution in [0.5, 0.6) is 0 Å². The van der Waals surface area contributed by atoms with Gasteiger partial charge in [-0.25, -0.2) is 0 Å². The lowest BCUT2D eigenvalue weighted by Gasteiger charge is -2.00. The molecule has 0 aromatic rings. The summed E-state index contributed by atoms with van der Waals surface area (Å²) in [6, 6.07) is 0. The maximum absolute atomic E-state index is 4.53. The summed E-state index contributed by atoms with van der Waals surface area (Å²) in [5.74, 6) is 0. The van der Waals surface area contributed by atoms with E-state index in [0.29, 0.717) is 0 Å². The zero-order valence-electron chi connectivity index (χ0n) is 8.02. The lowest BCUT2D eigenvalue weighted by Crippen LogP contribution is -1.97. The molecule has 70 valence electrons. The van der Waals surface area contributed by atoms with Gasteiger partial charge in [-0.05, 0) is 16.9 Å². The number of hydrogen-bond acceptors (Lipinski definition) is 1. The Bertz CT molecular complexity index is 150. The summed E-state index contributed by atoms with van der Waals surface area (Å²) in [4.78, 5) is 4.53. The summed E-state index contributed by atoms with van der Waals surface area (Å²) in [6.45, 7) is 5.36. The van der Waals surface area contributed by atoms with E-state index in [0.717, 1.165) is 25.8 Å². The van der Waals surface area contributed by atoms with Crippen molar-refractivity contribution in [3.8, 4) is 0 Å². The molecule has 0 spiro atoms. The van der Waals surface area contributed by atoms with Gasteiger partial charge in [-0.2, -0.15) is 0 Å². The largest absolute Gasteiger partial charge is 0.294 e. The molecule has 1 nitrogen and oxygen atoms in total. The lowest BCUT2D eigenvalue weighted by atomic mass is 10.1. The van der Waals surface area contributed by atoms with Gasteiger partial charge in [0.15, 0.2) is 0 Å². The summed E-state index contributed by atoms with van der Waals surface area (Å²) < 4.78 is 2.06. The number of aliphatic imine (C=N–C) groups is 1. The van der Waals surface area contributed by atoms with Crippen molar-refractivity contribution in [2.75, 3.05) is 6.54 Å². The fraction of sp³-hybridized carbons (Fsp3) is 0.700. The van der Waals surface area contributed by atoms with E-state index in [4.69, 9.17) is 0 Å². The van der Waals surface area contributed by atoms with Gasteiger partial charge in [0.25, 0.3) is 0 Å². The SMILES string of the molecule is CCCN=C(C/C=C/I)CCC. The summed E-state index contributed by atoms with van der Waals surface area (Å²) in [7, 11) is 0. The molecule has 0 atom stereocenters. The Labute approximate surface area is 89.5 Å². The van der Waals surface area contributed by atoms with Crippen molar-refractivity contribution in [1.82, 2.24) is 0 Å². The Hall–Kier alpha value is 0.140. The second-order valence-electron chi connectivity index (χ2n) is 2.76. The quantitative estimate of drug-likeness (QED) is 0.515. The third-order valence-corrected chi connectivity index (χ3v) is 2.05. The molecular formula is C10H18IN. The molecule has 0 aromatic heterocycles. The van der Waals surface area contributed by atoms with Crippen LogP contribution in [0.25, 0.3) is 0 Å². The maximum atomic E-state index is 4.53. The second kappa shape index (κ2) is 9.23. The van der Waals surface area contributed by atoms with Crippen LogP contribution in [0.1, 0.15) is 39.5 Å². The van der Waals surface area contributed by atoms with Gasteiger partial charge in [-0.15, -0.1) is 0 Å². The van der Waals surface area contributed by atoms with Crippen molar-refractivity contribution in [1.29, 1.82) is 0 Å². The van der Waals surface area contributed by atoms with Gasteiger partial charge in [0.05, 0.1) is 0 Å². The van der Waals surface area contributed by atoms with Crippen molar-refractivity contribution in [2.24, 2.45) is 4.99 Å². The van der Waals surface area contributed by atoms with E-state index in [1.54, 1.807) is 0 Å². The molecular weight excluding hydrogens is 261 g/mol. The minimum Gasteiger partial charge on any atom is -0.294 e. The van der Waals surface area contributed by atoms with Crippen molar-refractivity contribution in [3.05, 3.63) is 10.2 Å². The number of nitrogens with zero attached hydrogens (tertiary/aromatic N) is 1. The number of allylic oxidation sites excluding steroid dienone is 1. The first-order valence-corrected chi connectivity index (χ1v) is 5.87. The van der Waals surface area contributed by atoms with Crippen molar-refractivity contribution >= 4 is 28.3 Å². The summed E-state index contributed by atoms with van der Waals surface area (Å²) in [5, 5.41) is 0. The van der Waals surface area contributed by atoms with Crippen LogP contribution in [0.15, 0.2) is 15.2 Å². The smallest absolute Gasteiger partial charge is 0.0386 e. The Kier molecular flexibility index (Phi) is 9.34. The Morgan fingerprint density at radius 3 is 2.58 bits per heavy atom. The second-order valence-corrected chi connectivity index (χ2v) is 3.48. The van der Waals surface area contributed by atoms with Crippen LogP contribution < -0.4 is 0 Å². The molecule has 0 fully saturated rings. The molecule has 2 heteroatoms. The van der Waals surface area contributed by atoms with E-state index in [2.05, 4.69) is 51.6 Å². The lowest BCUT2D eigenvalue weighted by molar-refractivity contribution is 0.901. The average molecular weight is 279 g/mol. The van der Waals surface area contributed by atoms with Gasteiger partial charge in [-0.3, -0.25) is 4.99 Å². The number of hydrogen-bond donors (Lipinski definition) is 0. The molecule has 0 rings (SSSR count). The molecule has 0 aliphatic rings. The van der Waals surface area contributed by atoms with Crippen LogP contribution in [0.4, 0.5) is 0 Å². The van der Waals surface area contributed by atoms with Gasteiger partial charge < -0.3 is 0 Å². The van der Waals surface area contributed by atoms with E-state index in [1.165, 1.54) is 12.1 Å². The van der Waals surface area contributed by atoms with Crippen LogP contribution in [0, 0.1) is 0 Å².